The van der Waals surface area contributed by atoms with Crippen LogP contribution in [0.25, 0.3) is 10.4 Å². The standard InChI is InChI=1S/C17H20FNS/c1-2-10-19-17(12-6-7-12)16-9-8-15(20-16)13-4-3-5-14(18)11-13/h3-5,8-9,11-12,17,19H,2,6-7,10H2,1H3. The average Bonchev–Trinajstić information content (AvgIpc) is 3.16. The lowest BCUT2D eigenvalue weighted by Gasteiger charge is -2.16. The van der Waals surface area contributed by atoms with Crippen molar-refractivity contribution in [2.24, 2.45) is 5.92 Å². The molecule has 20 heavy (non-hydrogen) atoms. The van der Waals surface area contributed by atoms with Gasteiger partial charge >= 0.3 is 0 Å². The quantitative estimate of drug-likeness (QED) is 0.788. The molecule has 0 radical (unpaired) electrons. The van der Waals surface area contributed by atoms with Crippen molar-refractivity contribution in [3.05, 3.63) is 47.1 Å². The molecule has 1 nitrogen and oxygen atoms in total. The largest absolute Gasteiger partial charge is 0.309 e. The Balaban J connectivity index is 1.81. The first-order valence-corrected chi connectivity index (χ1v) is 8.18. The van der Waals surface area contributed by atoms with Crippen molar-refractivity contribution in [1.29, 1.82) is 0 Å². The number of halogens is 1. The van der Waals surface area contributed by atoms with Gasteiger partial charge in [0.05, 0.1) is 0 Å². The van der Waals surface area contributed by atoms with E-state index in [1.54, 1.807) is 23.5 Å². The summed E-state index contributed by atoms with van der Waals surface area (Å²) in [6.07, 6.45) is 3.81. The summed E-state index contributed by atoms with van der Waals surface area (Å²) in [6, 6.07) is 11.7. The molecule has 1 aromatic carbocycles. The monoisotopic (exact) mass is 289 g/mol. The van der Waals surface area contributed by atoms with E-state index in [1.807, 2.05) is 6.07 Å². The fourth-order valence-corrected chi connectivity index (χ4v) is 3.72. The van der Waals surface area contributed by atoms with E-state index in [0.29, 0.717) is 6.04 Å². The van der Waals surface area contributed by atoms with Crippen LogP contribution >= 0.6 is 11.3 Å². The summed E-state index contributed by atoms with van der Waals surface area (Å²) in [4.78, 5) is 2.55. The third kappa shape index (κ3) is 3.10. The molecule has 1 aromatic heterocycles. The molecule has 1 fully saturated rings. The van der Waals surface area contributed by atoms with Gasteiger partial charge in [0.25, 0.3) is 0 Å². The van der Waals surface area contributed by atoms with Crippen molar-refractivity contribution >= 4 is 11.3 Å². The van der Waals surface area contributed by atoms with E-state index >= 15 is 0 Å². The zero-order valence-corrected chi connectivity index (χ0v) is 12.5. The first kappa shape index (κ1) is 13.8. The number of benzene rings is 1. The topological polar surface area (TPSA) is 12.0 Å². The molecule has 106 valence electrons. The van der Waals surface area contributed by atoms with E-state index in [1.165, 1.54) is 23.8 Å². The van der Waals surface area contributed by atoms with Crippen molar-refractivity contribution in [3.8, 4) is 10.4 Å². The minimum atomic E-state index is -0.166. The van der Waals surface area contributed by atoms with Crippen LogP contribution in [0.2, 0.25) is 0 Å². The van der Waals surface area contributed by atoms with E-state index in [-0.39, 0.29) is 5.82 Å². The highest BCUT2D eigenvalue weighted by molar-refractivity contribution is 7.15. The highest BCUT2D eigenvalue weighted by atomic mass is 32.1. The highest BCUT2D eigenvalue weighted by Gasteiger charge is 2.32. The molecule has 1 aliphatic carbocycles. The van der Waals surface area contributed by atoms with Gasteiger partial charge < -0.3 is 5.32 Å². The SMILES string of the molecule is CCCNC(c1ccc(-c2cccc(F)c2)s1)C1CC1. The Morgan fingerprint density at radius 3 is 2.85 bits per heavy atom. The molecular formula is C17H20FNS. The summed E-state index contributed by atoms with van der Waals surface area (Å²) in [7, 11) is 0. The molecule has 2 aromatic rings. The summed E-state index contributed by atoms with van der Waals surface area (Å²) >= 11 is 1.79. The predicted octanol–water partition coefficient (Wildman–Crippen LogP) is 5.00. The lowest BCUT2D eigenvalue weighted by atomic mass is 10.1. The van der Waals surface area contributed by atoms with Crippen LogP contribution in [0, 0.1) is 11.7 Å². The average molecular weight is 289 g/mol. The van der Waals surface area contributed by atoms with Gasteiger partial charge in [0.1, 0.15) is 5.82 Å². The van der Waals surface area contributed by atoms with Gasteiger partial charge in [-0.3, -0.25) is 0 Å². The van der Waals surface area contributed by atoms with Crippen molar-refractivity contribution in [1.82, 2.24) is 5.32 Å². The van der Waals surface area contributed by atoms with Crippen molar-refractivity contribution in [2.45, 2.75) is 32.2 Å². The molecule has 0 saturated heterocycles. The summed E-state index contributed by atoms with van der Waals surface area (Å²) in [5.41, 5.74) is 0.978. The van der Waals surface area contributed by atoms with E-state index in [9.17, 15) is 4.39 Å². The summed E-state index contributed by atoms with van der Waals surface area (Å²) in [5, 5.41) is 3.66. The summed E-state index contributed by atoms with van der Waals surface area (Å²) < 4.78 is 13.3. The van der Waals surface area contributed by atoms with E-state index in [0.717, 1.165) is 29.3 Å². The van der Waals surface area contributed by atoms with Crippen molar-refractivity contribution < 1.29 is 4.39 Å². The maximum Gasteiger partial charge on any atom is 0.123 e. The molecule has 1 N–H and O–H groups in total. The lowest BCUT2D eigenvalue weighted by molar-refractivity contribution is 0.488. The Labute approximate surface area is 123 Å². The number of hydrogen-bond donors (Lipinski definition) is 1. The fourth-order valence-electron chi connectivity index (χ4n) is 2.55. The molecule has 0 aliphatic heterocycles. The van der Waals surface area contributed by atoms with Crippen LogP contribution in [-0.2, 0) is 0 Å². The molecular weight excluding hydrogens is 269 g/mol. The number of hydrogen-bond acceptors (Lipinski definition) is 2. The molecule has 1 heterocycles. The first-order chi connectivity index (χ1) is 9.78. The minimum Gasteiger partial charge on any atom is -0.309 e. The normalized spacial score (nSPS) is 16.3. The zero-order chi connectivity index (χ0) is 13.9. The van der Waals surface area contributed by atoms with E-state index in [4.69, 9.17) is 0 Å². The van der Waals surface area contributed by atoms with Gasteiger partial charge in [-0.15, -0.1) is 11.3 Å². The smallest absolute Gasteiger partial charge is 0.123 e. The van der Waals surface area contributed by atoms with Gasteiger partial charge in [-0.05, 0) is 61.6 Å². The predicted molar refractivity (Wildman–Crippen MR) is 83.5 cm³/mol. The maximum atomic E-state index is 13.3. The number of rotatable bonds is 6. The second kappa shape index (κ2) is 6.06. The van der Waals surface area contributed by atoms with E-state index < -0.39 is 0 Å². The van der Waals surface area contributed by atoms with Gasteiger partial charge in [0.15, 0.2) is 0 Å². The molecule has 0 amide bonds. The second-order valence-corrected chi connectivity index (χ2v) is 6.60. The Hall–Kier alpha value is -1.19. The van der Waals surface area contributed by atoms with E-state index in [2.05, 4.69) is 24.4 Å². The van der Waals surface area contributed by atoms with Crippen LogP contribution in [0.3, 0.4) is 0 Å². The molecule has 0 spiro atoms. The summed E-state index contributed by atoms with van der Waals surface area (Å²) in [5.74, 6) is 0.626. The van der Waals surface area contributed by atoms with Crippen LogP contribution in [0.4, 0.5) is 4.39 Å². The van der Waals surface area contributed by atoms with Crippen LogP contribution in [0.1, 0.15) is 37.1 Å². The van der Waals surface area contributed by atoms with Crippen molar-refractivity contribution in [3.63, 3.8) is 0 Å². The molecule has 3 rings (SSSR count). The molecule has 3 heteroatoms. The third-order valence-corrected chi connectivity index (χ3v) is 4.97. The van der Waals surface area contributed by atoms with Gasteiger partial charge in [-0.25, -0.2) is 4.39 Å². The van der Waals surface area contributed by atoms with Crippen LogP contribution in [0.15, 0.2) is 36.4 Å². The first-order valence-electron chi connectivity index (χ1n) is 7.37. The van der Waals surface area contributed by atoms with Gasteiger partial charge in [-0.2, -0.15) is 0 Å². The summed E-state index contributed by atoms with van der Waals surface area (Å²) in [6.45, 7) is 3.26. The Morgan fingerprint density at radius 1 is 1.30 bits per heavy atom. The van der Waals surface area contributed by atoms with Crippen LogP contribution in [0.5, 0.6) is 0 Å². The van der Waals surface area contributed by atoms with Crippen LogP contribution < -0.4 is 5.32 Å². The molecule has 1 unspecified atom stereocenters. The number of nitrogens with one attached hydrogen (secondary N) is 1. The Morgan fingerprint density at radius 2 is 2.15 bits per heavy atom. The Bertz CT molecular complexity index is 574. The van der Waals surface area contributed by atoms with Crippen molar-refractivity contribution in [2.75, 3.05) is 6.54 Å². The number of thiophene rings is 1. The molecule has 1 saturated carbocycles. The zero-order valence-electron chi connectivity index (χ0n) is 11.7. The molecule has 1 aliphatic rings. The highest BCUT2D eigenvalue weighted by Crippen LogP contribution is 2.44. The third-order valence-electron chi connectivity index (χ3n) is 3.75. The minimum absolute atomic E-state index is 0.166. The van der Waals surface area contributed by atoms with Gasteiger partial charge in [0.2, 0.25) is 0 Å². The molecule has 0 bridgehead atoms. The lowest BCUT2D eigenvalue weighted by Crippen LogP contribution is -2.22. The molecule has 1 atom stereocenters. The second-order valence-electron chi connectivity index (χ2n) is 5.48. The van der Waals surface area contributed by atoms with Crippen LogP contribution in [-0.4, -0.2) is 6.54 Å². The van der Waals surface area contributed by atoms with Gasteiger partial charge in [0, 0.05) is 15.8 Å². The Kier molecular flexibility index (Phi) is 4.18. The maximum absolute atomic E-state index is 13.3. The van der Waals surface area contributed by atoms with Gasteiger partial charge in [-0.1, -0.05) is 19.1 Å². The fraction of sp³-hybridized carbons (Fsp3) is 0.412.